The van der Waals surface area contributed by atoms with Gasteiger partial charge < -0.3 is 42.3 Å². The fraction of sp³-hybridized carbons (Fsp3) is 0.371. The lowest BCUT2D eigenvalue weighted by Gasteiger charge is -2.44. The zero-order valence-corrected chi connectivity index (χ0v) is 29.0. The van der Waals surface area contributed by atoms with Crippen LogP contribution in [0, 0.1) is 0 Å². The van der Waals surface area contributed by atoms with Crippen LogP contribution in [0.1, 0.15) is 60.1 Å². The molecule has 0 bridgehead atoms. The van der Waals surface area contributed by atoms with Crippen molar-refractivity contribution in [3.05, 3.63) is 52.2 Å². The summed E-state index contributed by atoms with van der Waals surface area (Å²) in [5, 5.41) is -0.353. The van der Waals surface area contributed by atoms with E-state index in [0.29, 0.717) is 0 Å². The summed E-state index contributed by atoms with van der Waals surface area (Å²) >= 11 is 0. The molecule has 5 atom stereocenters. The number of benzene rings is 2. The second kappa shape index (κ2) is 16.3. The van der Waals surface area contributed by atoms with Crippen LogP contribution in [-0.2, 0) is 57.2 Å². The van der Waals surface area contributed by atoms with Crippen LogP contribution in [0.4, 0.5) is 0 Å². The van der Waals surface area contributed by atoms with Gasteiger partial charge >= 0.3 is 41.8 Å². The van der Waals surface area contributed by atoms with Gasteiger partial charge in [-0.05, 0) is 24.3 Å². The number of carbonyl (C=O) groups excluding carboxylic acids is 7. The van der Waals surface area contributed by atoms with Crippen molar-refractivity contribution < 1.29 is 75.9 Å². The van der Waals surface area contributed by atoms with Crippen molar-refractivity contribution in [2.45, 2.75) is 79.0 Å². The van der Waals surface area contributed by atoms with E-state index in [-0.39, 0.29) is 28.0 Å². The van der Waals surface area contributed by atoms with Crippen molar-refractivity contribution >= 4 is 52.8 Å². The molecule has 2 heterocycles. The lowest BCUT2D eigenvalue weighted by molar-refractivity contribution is -0.254. The maximum atomic E-state index is 13.9. The van der Waals surface area contributed by atoms with Crippen LogP contribution in [0.15, 0.2) is 45.6 Å². The standard InChI is InChI=1S/C35H34O17/c1-15(36)44-14-28-31(48-19(5)40)34(49-20(6)41)35(50-21(7)42)33(52-28)30-27(47-18(4)39)13-26(46-17(3)38)29-24(43)12-25(51-32(29)30)22-8-10-23(11-9-22)45-16(2)37/h8-13,28,31,33-35H,14H2,1-7H3. The molecule has 1 fully saturated rings. The highest BCUT2D eigenvalue weighted by Crippen LogP contribution is 2.46. The second-order valence-corrected chi connectivity index (χ2v) is 11.4. The predicted octanol–water partition coefficient (Wildman–Crippen LogP) is 3.03. The minimum Gasteiger partial charge on any atom is -0.463 e. The Bertz CT molecular complexity index is 1980. The van der Waals surface area contributed by atoms with Crippen molar-refractivity contribution in [2.75, 3.05) is 6.61 Å². The molecule has 0 spiro atoms. The second-order valence-electron chi connectivity index (χ2n) is 11.4. The number of ether oxygens (including phenoxy) is 8. The van der Waals surface area contributed by atoms with Gasteiger partial charge in [-0.1, -0.05) is 0 Å². The Hall–Kier alpha value is -6.10. The smallest absolute Gasteiger partial charge is 0.308 e. The van der Waals surface area contributed by atoms with Gasteiger partial charge in [-0.2, -0.15) is 0 Å². The highest BCUT2D eigenvalue weighted by molar-refractivity contribution is 5.92. The molecular formula is C35H34O17. The van der Waals surface area contributed by atoms with E-state index >= 15 is 0 Å². The van der Waals surface area contributed by atoms with E-state index < -0.39 is 101 Å². The molecule has 0 amide bonds. The first-order valence-corrected chi connectivity index (χ1v) is 15.6. The van der Waals surface area contributed by atoms with Crippen molar-refractivity contribution in [2.24, 2.45) is 0 Å². The highest BCUT2D eigenvalue weighted by atomic mass is 16.7. The van der Waals surface area contributed by atoms with Crippen LogP contribution >= 0.6 is 0 Å². The van der Waals surface area contributed by atoms with Gasteiger partial charge in [0.15, 0.2) is 29.3 Å². The summed E-state index contributed by atoms with van der Waals surface area (Å²) in [5.41, 5.74) is -1.16. The van der Waals surface area contributed by atoms with E-state index in [1.807, 2.05) is 0 Å². The SMILES string of the molecule is CC(=O)OCC1OC(c2c(OC(C)=O)cc(OC(C)=O)c3c(=O)cc(-c4ccc(OC(C)=O)cc4)oc23)C(OC(C)=O)C(OC(C)=O)C1OC(C)=O. The molecule has 17 heteroatoms. The molecule has 3 aromatic rings. The molecule has 0 saturated carbocycles. The van der Waals surface area contributed by atoms with Gasteiger partial charge in [0, 0.05) is 66.2 Å². The Morgan fingerprint density at radius 1 is 0.615 bits per heavy atom. The Balaban J connectivity index is 2.11. The van der Waals surface area contributed by atoms with Crippen LogP contribution in [0.5, 0.6) is 17.2 Å². The number of fused-ring (bicyclic) bond motifs is 1. The largest absolute Gasteiger partial charge is 0.463 e. The lowest BCUT2D eigenvalue weighted by atomic mass is 9.89. The van der Waals surface area contributed by atoms with Gasteiger partial charge in [0.1, 0.15) is 47.2 Å². The Labute approximate surface area is 294 Å². The van der Waals surface area contributed by atoms with Crippen molar-refractivity contribution in [3.63, 3.8) is 0 Å². The lowest BCUT2D eigenvalue weighted by Crippen LogP contribution is -2.59. The molecule has 17 nitrogen and oxygen atoms in total. The van der Waals surface area contributed by atoms with E-state index in [4.69, 9.17) is 42.3 Å². The number of hydrogen-bond acceptors (Lipinski definition) is 17. The summed E-state index contributed by atoms with van der Waals surface area (Å²) in [6, 6.07) is 7.93. The van der Waals surface area contributed by atoms with Crippen molar-refractivity contribution in [1.82, 2.24) is 0 Å². The molecule has 5 unspecified atom stereocenters. The summed E-state index contributed by atoms with van der Waals surface area (Å²) in [4.78, 5) is 99.2. The number of esters is 7. The van der Waals surface area contributed by atoms with E-state index in [0.717, 1.165) is 53.7 Å². The van der Waals surface area contributed by atoms with E-state index in [9.17, 15) is 38.4 Å². The summed E-state index contributed by atoms with van der Waals surface area (Å²) in [6.45, 7) is 6.94. The summed E-state index contributed by atoms with van der Waals surface area (Å²) in [6.07, 6.45) is -8.04. The summed E-state index contributed by atoms with van der Waals surface area (Å²) in [7, 11) is 0. The minimum absolute atomic E-state index is 0.0903. The van der Waals surface area contributed by atoms with Crippen LogP contribution < -0.4 is 19.6 Å². The monoisotopic (exact) mass is 726 g/mol. The molecule has 0 N–H and O–H groups in total. The maximum Gasteiger partial charge on any atom is 0.308 e. The quantitative estimate of drug-likeness (QED) is 0.166. The first-order chi connectivity index (χ1) is 24.4. The Morgan fingerprint density at radius 2 is 1.15 bits per heavy atom. The average molecular weight is 727 g/mol. The molecule has 52 heavy (non-hydrogen) atoms. The van der Waals surface area contributed by atoms with Crippen LogP contribution in [0.3, 0.4) is 0 Å². The summed E-state index contributed by atoms with van der Waals surface area (Å²) < 4.78 is 50.3. The third-order valence-electron chi connectivity index (χ3n) is 7.15. The van der Waals surface area contributed by atoms with Gasteiger partial charge in [0.2, 0.25) is 0 Å². The van der Waals surface area contributed by atoms with E-state index in [1.54, 1.807) is 0 Å². The van der Waals surface area contributed by atoms with Crippen LogP contribution in [0.25, 0.3) is 22.3 Å². The normalized spacial score (nSPS) is 19.5. The first kappa shape index (κ1) is 38.7. The molecule has 276 valence electrons. The molecule has 0 aliphatic carbocycles. The Kier molecular flexibility index (Phi) is 12.1. The first-order valence-electron chi connectivity index (χ1n) is 15.6. The zero-order chi connectivity index (χ0) is 38.4. The van der Waals surface area contributed by atoms with Crippen molar-refractivity contribution in [1.29, 1.82) is 0 Å². The average Bonchev–Trinajstić information content (AvgIpc) is 3.01. The molecule has 1 saturated heterocycles. The molecule has 2 aromatic carbocycles. The highest BCUT2D eigenvalue weighted by Gasteiger charge is 2.54. The molecule has 1 aliphatic heterocycles. The van der Waals surface area contributed by atoms with Gasteiger partial charge in [0.25, 0.3) is 0 Å². The number of hydrogen-bond donors (Lipinski definition) is 0. The summed E-state index contributed by atoms with van der Waals surface area (Å²) in [5.74, 6) is -6.52. The molecule has 1 aromatic heterocycles. The van der Waals surface area contributed by atoms with Crippen LogP contribution in [0.2, 0.25) is 0 Å². The Morgan fingerprint density at radius 3 is 1.69 bits per heavy atom. The van der Waals surface area contributed by atoms with Gasteiger partial charge in [-0.15, -0.1) is 0 Å². The molecular weight excluding hydrogens is 692 g/mol. The van der Waals surface area contributed by atoms with Gasteiger partial charge in [-0.3, -0.25) is 38.4 Å². The topological polar surface area (TPSA) is 224 Å². The third-order valence-corrected chi connectivity index (χ3v) is 7.15. The maximum absolute atomic E-state index is 13.9. The molecule has 4 rings (SSSR count). The number of rotatable bonds is 10. The number of carbonyl (C=O) groups is 7. The minimum atomic E-state index is -1.71. The zero-order valence-electron chi connectivity index (χ0n) is 29.0. The molecule has 0 radical (unpaired) electrons. The van der Waals surface area contributed by atoms with Gasteiger partial charge in [0.05, 0.1) is 5.56 Å². The van der Waals surface area contributed by atoms with Crippen molar-refractivity contribution in [3.8, 4) is 28.6 Å². The fourth-order valence-corrected chi connectivity index (χ4v) is 5.50. The van der Waals surface area contributed by atoms with Crippen LogP contribution in [-0.4, -0.2) is 72.8 Å². The van der Waals surface area contributed by atoms with E-state index in [2.05, 4.69) is 0 Å². The fourth-order valence-electron chi connectivity index (χ4n) is 5.50. The van der Waals surface area contributed by atoms with E-state index in [1.165, 1.54) is 31.2 Å². The molecule has 1 aliphatic rings. The third kappa shape index (κ3) is 9.36. The predicted molar refractivity (Wildman–Crippen MR) is 173 cm³/mol. The van der Waals surface area contributed by atoms with Gasteiger partial charge in [-0.25, -0.2) is 0 Å².